The van der Waals surface area contributed by atoms with Gasteiger partial charge in [-0.2, -0.15) is 4.57 Å². The number of hydrogen-bond acceptors (Lipinski definition) is 6. The molecule has 7 nitrogen and oxygen atoms in total. The minimum atomic E-state index is -0.573. The van der Waals surface area contributed by atoms with Crippen molar-refractivity contribution < 1.29 is 13.8 Å². The number of piperazine rings is 1. The zero-order valence-electron chi connectivity index (χ0n) is 24.5. The first-order valence-corrected chi connectivity index (χ1v) is 15.6. The van der Waals surface area contributed by atoms with Gasteiger partial charge in [0, 0.05) is 74.2 Å². The van der Waals surface area contributed by atoms with E-state index in [0.717, 1.165) is 50.1 Å². The van der Waals surface area contributed by atoms with Crippen LogP contribution in [0.5, 0.6) is 0 Å². The second kappa shape index (κ2) is 12.0. The topological polar surface area (TPSA) is 60.9 Å². The van der Waals surface area contributed by atoms with Crippen molar-refractivity contribution in [2.24, 2.45) is 7.05 Å². The summed E-state index contributed by atoms with van der Waals surface area (Å²) in [4.78, 5) is 32.5. The van der Waals surface area contributed by atoms with Crippen LogP contribution in [-0.4, -0.2) is 55.0 Å². The van der Waals surface area contributed by atoms with Crippen molar-refractivity contribution >= 4 is 50.2 Å². The van der Waals surface area contributed by atoms with Gasteiger partial charge in [0.2, 0.25) is 5.52 Å². The van der Waals surface area contributed by atoms with Crippen molar-refractivity contribution in [2.75, 3.05) is 44.2 Å². The Morgan fingerprint density at radius 2 is 1.79 bits per heavy atom. The normalized spacial score (nSPS) is 15.9. The maximum absolute atomic E-state index is 13.3. The van der Waals surface area contributed by atoms with Gasteiger partial charge in [-0.25, -0.2) is 4.79 Å². The SMILES string of the molecule is CCN(CC)c1ccc2cc(C(=O)N3CCN(C4=CC=C(/C=C/c5sc6ccccc6[n+]5C)CC4)CC3)c(=O)oc2c1. The van der Waals surface area contributed by atoms with E-state index in [-0.39, 0.29) is 11.5 Å². The Hall–Kier alpha value is -4.17. The number of para-hydroxylation sites is 1. The molecule has 2 aromatic heterocycles. The van der Waals surface area contributed by atoms with Gasteiger partial charge in [0.05, 0.1) is 0 Å². The number of carbonyl (C=O) groups excluding carboxylic acids is 1. The highest BCUT2D eigenvalue weighted by atomic mass is 32.1. The largest absolute Gasteiger partial charge is 0.422 e. The van der Waals surface area contributed by atoms with Crippen LogP contribution in [0.2, 0.25) is 0 Å². The fourth-order valence-electron chi connectivity index (χ4n) is 5.89. The third kappa shape index (κ3) is 5.51. The van der Waals surface area contributed by atoms with E-state index in [0.29, 0.717) is 18.7 Å². The molecule has 1 aliphatic heterocycles. The predicted octanol–water partition coefficient (Wildman–Crippen LogP) is 5.75. The zero-order valence-corrected chi connectivity index (χ0v) is 25.3. The van der Waals surface area contributed by atoms with Gasteiger partial charge in [-0.1, -0.05) is 35.6 Å². The number of aryl methyl sites for hydroxylation is 1. The number of rotatable bonds is 7. The number of fused-ring (bicyclic) bond motifs is 2. The Labute approximate surface area is 250 Å². The minimum absolute atomic E-state index is 0.106. The fourth-order valence-corrected chi connectivity index (χ4v) is 6.94. The second-order valence-electron chi connectivity index (χ2n) is 10.8. The first-order chi connectivity index (χ1) is 20.4. The zero-order chi connectivity index (χ0) is 29.2. The average molecular weight is 582 g/mol. The Morgan fingerprint density at radius 1 is 1.00 bits per heavy atom. The molecule has 0 saturated carbocycles. The van der Waals surface area contributed by atoms with E-state index in [4.69, 9.17) is 4.42 Å². The lowest BCUT2D eigenvalue weighted by Gasteiger charge is -2.38. The van der Waals surface area contributed by atoms with Gasteiger partial charge < -0.3 is 19.1 Å². The molecule has 216 valence electrons. The number of carbonyl (C=O) groups is 1. The molecule has 0 radical (unpaired) electrons. The lowest BCUT2D eigenvalue weighted by atomic mass is 10.0. The minimum Gasteiger partial charge on any atom is -0.422 e. The molecule has 0 spiro atoms. The first-order valence-electron chi connectivity index (χ1n) is 14.8. The number of thiazole rings is 1. The van der Waals surface area contributed by atoms with E-state index in [1.165, 1.54) is 26.5 Å². The molecule has 1 saturated heterocycles. The van der Waals surface area contributed by atoms with Crippen LogP contribution < -0.4 is 15.1 Å². The van der Waals surface area contributed by atoms with E-state index in [2.05, 4.69) is 83.8 Å². The van der Waals surface area contributed by atoms with Crippen LogP contribution in [0.4, 0.5) is 5.69 Å². The number of amides is 1. The van der Waals surface area contributed by atoms with Gasteiger partial charge in [-0.05, 0) is 62.6 Å². The molecule has 0 N–H and O–H groups in total. The molecule has 2 aromatic carbocycles. The summed E-state index contributed by atoms with van der Waals surface area (Å²) in [6.45, 7) is 8.58. The molecule has 1 fully saturated rings. The van der Waals surface area contributed by atoms with Gasteiger partial charge in [-0.15, -0.1) is 0 Å². The lowest BCUT2D eigenvalue weighted by Crippen LogP contribution is -2.49. The molecule has 0 atom stereocenters. The van der Waals surface area contributed by atoms with Gasteiger partial charge in [0.1, 0.15) is 22.9 Å². The summed E-state index contributed by atoms with van der Waals surface area (Å²) >= 11 is 1.81. The van der Waals surface area contributed by atoms with Crippen LogP contribution in [-0.2, 0) is 7.05 Å². The molecule has 2 aliphatic rings. The Morgan fingerprint density at radius 3 is 2.50 bits per heavy atom. The molecule has 8 heteroatoms. The molecule has 0 unspecified atom stereocenters. The highest BCUT2D eigenvalue weighted by Crippen LogP contribution is 2.26. The number of benzene rings is 2. The summed E-state index contributed by atoms with van der Waals surface area (Å²) in [6, 6.07) is 16.0. The first kappa shape index (κ1) is 28.0. The molecule has 0 bridgehead atoms. The predicted molar refractivity (Wildman–Crippen MR) is 171 cm³/mol. The van der Waals surface area contributed by atoms with E-state index < -0.39 is 5.63 Å². The van der Waals surface area contributed by atoms with E-state index >= 15 is 0 Å². The van der Waals surface area contributed by atoms with Gasteiger partial charge in [0.15, 0.2) is 0 Å². The third-order valence-electron chi connectivity index (χ3n) is 8.42. The van der Waals surface area contributed by atoms with Crippen LogP contribution >= 0.6 is 11.3 Å². The molecule has 4 aromatic rings. The third-order valence-corrected chi connectivity index (χ3v) is 9.61. The number of hydrogen-bond donors (Lipinski definition) is 0. The molecule has 6 rings (SSSR count). The Bertz CT molecular complexity index is 1790. The summed E-state index contributed by atoms with van der Waals surface area (Å²) in [5, 5.41) is 2.00. The molecular weight excluding hydrogens is 544 g/mol. The summed E-state index contributed by atoms with van der Waals surface area (Å²) in [5.74, 6) is -0.252. The smallest absolute Gasteiger partial charge is 0.349 e. The molecular formula is C34H37N4O3S+. The van der Waals surface area contributed by atoms with Crippen LogP contribution in [0.15, 0.2) is 87.2 Å². The maximum atomic E-state index is 13.3. The van der Waals surface area contributed by atoms with Crippen molar-refractivity contribution in [3.8, 4) is 0 Å². The van der Waals surface area contributed by atoms with Crippen molar-refractivity contribution in [2.45, 2.75) is 26.7 Å². The quantitative estimate of drug-likeness (QED) is 0.205. The standard InChI is InChI=1S/C34H37N4O3S/c1-4-36(5-2)27-16-13-25-22-28(34(40)41-30(25)23-27)33(39)38-20-18-37(19-21-38)26-14-10-24(11-15-26)12-17-32-35(3)29-8-6-7-9-31(29)42-32/h6-10,12-14,16-17,22-23H,4-5,11,15,18-21H2,1-3H3/q+1. The Balaban J connectivity index is 1.09. The fraction of sp³-hybridized carbons (Fsp3) is 0.324. The van der Waals surface area contributed by atoms with Gasteiger partial charge >= 0.3 is 5.63 Å². The molecule has 1 amide bonds. The lowest BCUT2D eigenvalue weighted by molar-refractivity contribution is -0.642. The van der Waals surface area contributed by atoms with Gasteiger partial charge in [0.25, 0.3) is 10.9 Å². The van der Waals surface area contributed by atoms with Gasteiger partial charge in [-0.3, -0.25) is 4.79 Å². The Kier molecular flexibility index (Phi) is 7.98. The number of aromatic nitrogens is 1. The highest BCUT2D eigenvalue weighted by molar-refractivity contribution is 7.18. The van der Waals surface area contributed by atoms with Crippen LogP contribution in [0.3, 0.4) is 0 Å². The summed E-state index contributed by atoms with van der Waals surface area (Å²) < 4.78 is 9.16. The number of nitrogens with zero attached hydrogens (tertiary/aromatic N) is 4. The number of anilines is 1. The highest BCUT2D eigenvalue weighted by Gasteiger charge is 2.26. The van der Waals surface area contributed by atoms with E-state index in [1.54, 1.807) is 22.3 Å². The van der Waals surface area contributed by atoms with Crippen LogP contribution in [0.1, 0.15) is 42.1 Å². The molecule has 3 heterocycles. The van der Waals surface area contributed by atoms with Crippen molar-refractivity contribution in [3.63, 3.8) is 0 Å². The summed E-state index contributed by atoms with van der Waals surface area (Å²) in [7, 11) is 2.12. The van der Waals surface area contributed by atoms with Crippen LogP contribution in [0, 0.1) is 0 Å². The van der Waals surface area contributed by atoms with Crippen molar-refractivity contribution in [1.82, 2.24) is 9.80 Å². The van der Waals surface area contributed by atoms with E-state index in [9.17, 15) is 9.59 Å². The monoisotopic (exact) mass is 581 g/mol. The van der Waals surface area contributed by atoms with Crippen molar-refractivity contribution in [3.05, 3.63) is 99.0 Å². The van der Waals surface area contributed by atoms with Crippen molar-refractivity contribution in [1.29, 1.82) is 0 Å². The number of allylic oxidation sites excluding steroid dienone is 5. The molecule has 1 aliphatic carbocycles. The van der Waals surface area contributed by atoms with Crippen LogP contribution in [0.25, 0.3) is 27.3 Å². The molecule has 42 heavy (non-hydrogen) atoms. The second-order valence-corrected chi connectivity index (χ2v) is 11.9. The maximum Gasteiger partial charge on any atom is 0.349 e. The average Bonchev–Trinajstić information content (AvgIpc) is 3.35. The van der Waals surface area contributed by atoms with E-state index in [1.807, 2.05) is 18.2 Å². The summed E-state index contributed by atoms with van der Waals surface area (Å²) in [5.41, 5.74) is 4.93. The summed E-state index contributed by atoms with van der Waals surface area (Å²) in [6.07, 6.45) is 10.8.